The van der Waals surface area contributed by atoms with Crippen LogP contribution in [0.25, 0.3) is 0 Å². The van der Waals surface area contributed by atoms with Crippen LogP contribution in [0.3, 0.4) is 0 Å². The lowest BCUT2D eigenvalue weighted by atomic mass is 10.2. The predicted molar refractivity (Wildman–Crippen MR) is 90.4 cm³/mol. The number of aromatic nitrogens is 2. The van der Waals surface area contributed by atoms with E-state index in [0.29, 0.717) is 17.3 Å². The lowest BCUT2D eigenvalue weighted by Crippen LogP contribution is -2.29. The molecule has 2 heterocycles. The zero-order chi connectivity index (χ0) is 17.1. The van der Waals surface area contributed by atoms with Crippen molar-refractivity contribution in [3.8, 4) is 0 Å². The Morgan fingerprint density at radius 3 is 2.71 bits per heavy atom. The average Bonchev–Trinajstić information content (AvgIpc) is 2.96. The monoisotopic (exact) mass is 343 g/mol. The highest BCUT2D eigenvalue weighted by atomic mass is 35.5. The summed E-state index contributed by atoms with van der Waals surface area (Å²) in [5.74, 6) is 0.308. The Balaban J connectivity index is 1.83. The summed E-state index contributed by atoms with van der Waals surface area (Å²) in [5.41, 5.74) is 0.559. The van der Waals surface area contributed by atoms with Gasteiger partial charge in [-0.25, -0.2) is 0 Å². The molecule has 0 atom stereocenters. The van der Waals surface area contributed by atoms with E-state index in [4.69, 9.17) is 16.1 Å². The molecule has 0 aliphatic rings. The molecule has 6 nitrogen and oxygen atoms in total. The first kappa shape index (κ1) is 16.0. The van der Waals surface area contributed by atoms with Crippen molar-refractivity contribution >= 4 is 23.3 Å². The standard InChI is InChI=1S/C17H14ClN3O3/c1-11-9-15(20-24-11)19-16(22)14-3-2-8-21(17(14)23)10-12-4-6-13(18)7-5-12/h2-9H,10H2,1H3,(H,19,20,22). The molecule has 1 aromatic carbocycles. The predicted octanol–water partition coefficient (Wildman–Crippen LogP) is 3.10. The maximum atomic E-state index is 12.5. The molecule has 0 saturated carbocycles. The minimum Gasteiger partial charge on any atom is -0.360 e. The first-order valence-corrected chi connectivity index (χ1v) is 7.59. The van der Waals surface area contributed by atoms with Gasteiger partial charge >= 0.3 is 0 Å². The summed E-state index contributed by atoms with van der Waals surface area (Å²) in [7, 11) is 0. The Kier molecular flexibility index (Phi) is 4.48. The highest BCUT2D eigenvalue weighted by Crippen LogP contribution is 2.11. The molecule has 0 aliphatic heterocycles. The summed E-state index contributed by atoms with van der Waals surface area (Å²) < 4.78 is 6.35. The molecule has 24 heavy (non-hydrogen) atoms. The molecule has 0 bridgehead atoms. The van der Waals surface area contributed by atoms with Crippen molar-refractivity contribution in [1.29, 1.82) is 0 Å². The topological polar surface area (TPSA) is 77.1 Å². The Morgan fingerprint density at radius 2 is 2.04 bits per heavy atom. The number of carbonyl (C=O) groups is 1. The average molecular weight is 344 g/mol. The van der Waals surface area contributed by atoms with E-state index in [0.717, 1.165) is 5.56 Å². The summed E-state index contributed by atoms with van der Waals surface area (Å²) >= 11 is 5.86. The fourth-order valence-electron chi connectivity index (χ4n) is 2.23. The molecular formula is C17H14ClN3O3. The fraction of sp³-hybridized carbons (Fsp3) is 0.118. The molecule has 0 radical (unpaired) electrons. The van der Waals surface area contributed by atoms with Gasteiger partial charge in [0.1, 0.15) is 11.3 Å². The second-order valence-electron chi connectivity index (χ2n) is 5.26. The van der Waals surface area contributed by atoms with Crippen LogP contribution in [0.4, 0.5) is 5.82 Å². The van der Waals surface area contributed by atoms with Gasteiger partial charge in [-0.3, -0.25) is 9.59 Å². The third-order valence-electron chi connectivity index (χ3n) is 3.40. The number of halogens is 1. The van der Waals surface area contributed by atoms with Gasteiger partial charge in [-0.05, 0) is 36.8 Å². The van der Waals surface area contributed by atoms with Gasteiger partial charge in [0.25, 0.3) is 11.5 Å². The van der Waals surface area contributed by atoms with Gasteiger partial charge in [-0.1, -0.05) is 28.9 Å². The van der Waals surface area contributed by atoms with Gasteiger partial charge in [0.05, 0.1) is 6.54 Å². The van der Waals surface area contributed by atoms with E-state index in [2.05, 4.69) is 10.5 Å². The first-order valence-electron chi connectivity index (χ1n) is 7.21. The van der Waals surface area contributed by atoms with E-state index in [1.54, 1.807) is 37.4 Å². The second-order valence-corrected chi connectivity index (χ2v) is 5.69. The van der Waals surface area contributed by atoms with Crippen LogP contribution < -0.4 is 10.9 Å². The van der Waals surface area contributed by atoms with Gasteiger partial charge in [-0.15, -0.1) is 0 Å². The minimum atomic E-state index is -0.529. The van der Waals surface area contributed by atoms with Crippen LogP contribution in [-0.2, 0) is 6.54 Å². The SMILES string of the molecule is Cc1cc(NC(=O)c2cccn(Cc3ccc(Cl)cc3)c2=O)no1. The molecule has 0 aliphatic carbocycles. The number of amides is 1. The van der Waals surface area contributed by atoms with E-state index < -0.39 is 5.91 Å². The molecule has 1 N–H and O–H groups in total. The van der Waals surface area contributed by atoms with Gasteiger partial charge in [0.15, 0.2) is 5.82 Å². The third-order valence-corrected chi connectivity index (χ3v) is 3.65. The molecular weight excluding hydrogens is 330 g/mol. The molecule has 0 saturated heterocycles. The molecule has 7 heteroatoms. The van der Waals surface area contributed by atoms with Crippen LogP contribution in [-0.4, -0.2) is 15.6 Å². The quantitative estimate of drug-likeness (QED) is 0.789. The number of pyridine rings is 1. The zero-order valence-electron chi connectivity index (χ0n) is 12.8. The highest BCUT2D eigenvalue weighted by Gasteiger charge is 2.14. The number of hydrogen-bond donors (Lipinski definition) is 1. The van der Waals surface area contributed by atoms with Gasteiger partial charge in [-0.2, -0.15) is 0 Å². The largest absolute Gasteiger partial charge is 0.360 e. The number of benzene rings is 1. The van der Waals surface area contributed by atoms with Crippen molar-refractivity contribution in [2.24, 2.45) is 0 Å². The van der Waals surface area contributed by atoms with Gasteiger partial charge in [0.2, 0.25) is 0 Å². The number of nitrogens with zero attached hydrogens (tertiary/aromatic N) is 2. The number of carbonyl (C=O) groups excluding carboxylic acids is 1. The van der Waals surface area contributed by atoms with Gasteiger partial charge in [0, 0.05) is 17.3 Å². The summed E-state index contributed by atoms with van der Waals surface area (Å²) in [5, 5.41) is 6.85. The van der Waals surface area contributed by atoms with Gasteiger partial charge < -0.3 is 14.4 Å². The van der Waals surface area contributed by atoms with Crippen molar-refractivity contribution in [2.45, 2.75) is 13.5 Å². The highest BCUT2D eigenvalue weighted by molar-refractivity contribution is 6.30. The normalized spacial score (nSPS) is 10.6. The van der Waals surface area contributed by atoms with E-state index in [-0.39, 0.29) is 16.9 Å². The summed E-state index contributed by atoms with van der Waals surface area (Å²) in [6, 6.07) is 11.9. The molecule has 0 fully saturated rings. The summed E-state index contributed by atoms with van der Waals surface area (Å²) in [6.45, 7) is 2.06. The summed E-state index contributed by atoms with van der Waals surface area (Å²) in [6.07, 6.45) is 1.63. The maximum absolute atomic E-state index is 12.5. The van der Waals surface area contributed by atoms with Crippen LogP contribution in [0.2, 0.25) is 5.02 Å². The number of nitrogens with one attached hydrogen (secondary N) is 1. The Bertz CT molecular complexity index is 929. The van der Waals surface area contributed by atoms with Crippen LogP contribution in [0.1, 0.15) is 21.7 Å². The fourth-order valence-corrected chi connectivity index (χ4v) is 2.36. The second kappa shape index (κ2) is 6.72. The number of aryl methyl sites for hydroxylation is 1. The Labute approximate surface area is 142 Å². The smallest absolute Gasteiger partial charge is 0.263 e. The minimum absolute atomic E-state index is 0.0344. The molecule has 1 amide bonds. The Morgan fingerprint density at radius 1 is 1.29 bits per heavy atom. The lowest BCUT2D eigenvalue weighted by Gasteiger charge is -2.08. The van der Waals surface area contributed by atoms with Crippen molar-refractivity contribution in [3.05, 3.63) is 80.9 Å². The van der Waals surface area contributed by atoms with Crippen molar-refractivity contribution < 1.29 is 9.32 Å². The number of rotatable bonds is 4. The molecule has 122 valence electrons. The van der Waals surface area contributed by atoms with Crippen LogP contribution in [0.15, 0.2) is 58.0 Å². The molecule has 0 spiro atoms. The number of hydrogen-bond acceptors (Lipinski definition) is 4. The van der Waals surface area contributed by atoms with Crippen molar-refractivity contribution in [2.75, 3.05) is 5.32 Å². The van der Waals surface area contributed by atoms with Crippen LogP contribution >= 0.6 is 11.6 Å². The molecule has 3 aromatic rings. The van der Waals surface area contributed by atoms with Crippen molar-refractivity contribution in [3.63, 3.8) is 0 Å². The maximum Gasteiger partial charge on any atom is 0.263 e. The van der Waals surface area contributed by atoms with E-state index in [1.807, 2.05) is 12.1 Å². The van der Waals surface area contributed by atoms with Crippen molar-refractivity contribution in [1.82, 2.24) is 9.72 Å². The third kappa shape index (κ3) is 3.55. The van der Waals surface area contributed by atoms with Crippen LogP contribution in [0, 0.1) is 6.92 Å². The van der Waals surface area contributed by atoms with Crippen LogP contribution in [0.5, 0.6) is 0 Å². The Hall–Kier alpha value is -2.86. The van der Waals surface area contributed by atoms with E-state index in [9.17, 15) is 9.59 Å². The molecule has 0 unspecified atom stereocenters. The first-order chi connectivity index (χ1) is 11.5. The zero-order valence-corrected chi connectivity index (χ0v) is 13.6. The van der Waals surface area contributed by atoms with E-state index >= 15 is 0 Å². The summed E-state index contributed by atoms with van der Waals surface area (Å²) in [4.78, 5) is 24.8. The molecule has 2 aromatic heterocycles. The van der Waals surface area contributed by atoms with E-state index in [1.165, 1.54) is 10.6 Å². The number of anilines is 1. The lowest BCUT2D eigenvalue weighted by molar-refractivity contribution is 0.102. The molecule has 3 rings (SSSR count).